The van der Waals surface area contributed by atoms with Gasteiger partial charge in [-0.15, -0.1) is 11.3 Å². The van der Waals surface area contributed by atoms with Crippen LogP contribution in [0.2, 0.25) is 0 Å². The maximum atomic E-state index is 12.2. The van der Waals surface area contributed by atoms with Crippen LogP contribution in [0, 0.1) is 0 Å². The molecule has 0 radical (unpaired) electrons. The lowest BCUT2D eigenvalue weighted by Gasteiger charge is -2.28. The number of hydrogen-bond donors (Lipinski definition) is 0. The second kappa shape index (κ2) is 8.70. The van der Waals surface area contributed by atoms with E-state index in [1.165, 1.54) is 11.3 Å². The van der Waals surface area contributed by atoms with Gasteiger partial charge in [0.1, 0.15) is 17.1 Å². The molecule has 2 heterocycles. The zero-order valence-corrected chi connectivity index (χ0v) is 21.0. The molecule has 172 valence electrons. The molecule has 32 heavy (non-hydrogen) atoms. The van der Waals surface area contributed by atoms with Gasteiger partial charge in [0, 0.05) is 22.2 Å². The highest BCUT2D eigenvalue weighted by Gasteiger charge is 2.29. The van der Waals surface area contributed by atoms with Crippen molar-refractivity contribution in [1.29, 1.82) is 0 Å². The minimum absolute atomic E-state index is 0.0910. The summed E-state index contributed by atoms with van der Waals surface area (Å²) in [7, 11) is 1.65. The van der Waals surface area contributed by atoms with Gasteiger partial charge in [-0.1, -0.05) is 47.6 Å². The Morgan fingerprint density at radius 2 is 1.84 bits per heavy atom. The summed E-state index contributed by atoms with van der Waals surface area (Å²) in [5.74, 6) is 0.436. The molecule has 3 rings (SSSR count). The topological polar surface area (TPSA) is 69.9 Å². The number of carbonyl (C=O) groups excluding carboxylic acids is 2. The number of benzene rings is 1. The lowest BCUT2D eigenvalue weighted by Crippen LogP contribution is -2.18. The lowest BCUT2D eigenvalue weighted by molar-refractivity contribution is -0.142. The smallest absolute Gasteiger partial charge is 0.311 e. The Bertz CT molecular complexity index is 1160. The van der Waals surface area contributed by atoms with Gasteiger partial charge < -0.3 is 9.47 Å². The molecule has 0 N–H and O–H groups in total. The molecule has 0 aliphatic carbocycles. The number of fused-ring (bicyclic) bond motifs is 1. The number of hydrogen-bond acceptors (Lipinski definition) is 6. The van der Waals surface area contributed by atoms with Crippen molar-refractivity contribution in [3.05, 3.63) is 40.0 Å². The van der Waals surface area contributed by atoms with Crippen molar-refractivity contribution < 1.29 is 19.1 Å². The summed E-state index contributed by atoms with van der Waals surface area (Å²) in [5, 5.41) is 0. The van der Waals surface area contributed by atoms with E-state index in [-0.39, 0.29) is 23.2 Å². The SMILES string of the molecule is CCOC(=O)Cc1cn2c(C=O)c(-c3cc(C(C)(C)C)cc(C(C)(C)C)c3OC)nc2s1. The van der Waals surface area contributed by atoms with Crippen molar-refractivity contribution in [1.82, 2.24) is 9.38 Å². The first-order valence-corrected chi connectivity index (χ1v) is 11.6. The fraction of sp³-hybridized carbons (Fsp3) is 0.480. The van der Waals surface area contributed by atoms with E-state index < -0.39 is 0 Å². The van der Waals surface area contributed by atoms with Gasteiger partial charge >= 0.3 is 5.97 Å². The number of aromatic nitrogens is 2. The molecule has 0 saturated heterocycles. The number of methoxy groups -OCH3 is 1. The van der Waals surface area contributed by atoms with Crippen molar-refractivity contribution in [3.8, 4) is 17.0 Å². The van der Waals surface area contributed by atoms with Gasteiger partial charge in [-0.2, -0.15) is 0 Å². The molecule has 7 heteroatoms. The fourth-order valence-electron chi connectivity index (χ4n) is 3.67. The normalized spacial score (nSPS) is 12.2. The summed E-state index contributed by atoms with van der Waals surface area (Å²) in [4.78, 5) is 30.3. The molecule has 0 aliphatic rings. The molecular formula is C25H32N2O4S. The number of nitrogens with zero attached hydrogens (tertiary/aromatic N) is 2. The summed E-state index contributed by atoms with van der Waals surface area (Å²) < 4.78 is 12.7. The maximum Gasteiger partial charge on any atom is 0.311 e. The van der Waals surface area contributed by atoms with Crippen LogP contribution in [0.5, 0.6) is 5.75 Å². The van der Waals surface area contributed by atoms with E-state index in [1.54, 1.807) is 24.6 Å². The quantitative estimate of drug-likeness (QED) is 0.357. The molecule has 0 fully saturated rings. The van der Waals surface area contributed by atoms with E-state index in [4.69, 9.17) is 14.5 Å². The third kappa shape index (κ3) is 4.58. The molecule has 3 aromatic rings. The van der Waals surface area contributed by atoms with Gasteiger partial charge in [0.05, 0.1) is 20.1 Å². The first kappa shape index (κ1) is 24.0. The largest absolute Gasteiger partial charge is 0.496 e. The second-order valence-corrected chi connectivity index (χ2v) is 11.0. The zero-order chi connectivity index (χ0) is 23.8. The molecule has 0 bridgehead atoms. The van der Waals surface area contributed by atoms with Gasteiger partial charge in [-0.25, -0.2) is 4.98 Å². The van der Waals surface area contributed by atoms with Gasteiger partial charge in [0.15, 0.2) is 11.2 Å². The van der Waals surface area contributed by atoms with E-state index in [0.29, 0.717) is 23.0 Å². The third-order valence-electron chi connectivity index (χ3n) is 5.37. The van der Waals surface area contributed by atoms with Crippen LogP contribution < -0.4 is 4.74 Å². The number of esters is 1. The number of aldehydes is 1. The van der Waals surface area contributed by atoms with Gasteiger partial charge in [0.2, 0.25) is 0 Å². The third-order valence-corrected chi connectivity index (χ3v) is 6.35. The Labute approximate surface area is 193 Å². The van der Waals surface area contributed by atoms with Crippen LogP contribution in [0.15, 0.2) is 18.3 Å². The van der Waals surface area contributed by atoms with Crippen molar-refractivity contribution in [3.63, 3.8) is 0 Å². The monoisotopic (exact) mass is 456 g/mol. The maximum absolute atomic E-state index is 12.2. The van der Waals surface area contributed by atoms with Crippen LogP contribution in [-0.4, -0.2) is 35.4 Å². The molecule has 0 spiro atoms. The Morgan fingerprint density at radius 3 is 2.38 bits per heavy atom. The molecule has 2 aromatic heterocycles. The van der Waals surface area contributed by atoms with E-state index in [1.807, 2.05) is 0 Å². The molecule has 0 amide bonds. The predicted molar refractivity (Wildman–Crippen MR) is 128 cm³/mol. The van der Waals surface area contributed by atoms with Crippen LogP contribution in [0.4, 0.5) is 0 Å². The van der Waals surface area contributed by atoms with Crippen molar-refractivity contribution in [2.75, 3.05) is 13.7 Å². The van der Waals surface area contributed by atoms with E-state index in [0.717, 1.165) is 33.6 Å². The minimum atomic E-state index is -0.292. The molecule has 6 nitrogen and oxygen atoms in total. The first-order valence-electron chi connectivity index (χ1n) is 10.8. The number of rotatable bonds is 6. The lowest BCUT2D eigenvalue weighted by atomic mass is 9.78. The van der Waals surface area contributed by atoms with Gasteiger partial charge in [0.25, 0.3) is 0 Å². The number of carbonyl (C=O) groups is 2. The molecule has 0 saturated carbocycles. The highest BCUT2D eigenvalue weighted by Crippen LogP contribution is 2.43. The molecule has 1 aromatic carbocycles. The van der Waals surface area contributed by atoms with Crippen LogP contribution in [0.1, 0.15) is 75.0 Å². The van der Waals surface area contributed by atoms with Gasteiger partial charge in [-0.05, 0) is 29.4 Å². The Hall–Kier alpha value is -2.67. The van der Waals surface area contributed by atoms with Crippen molar-refractivity contribution in [2.24, 2.45) is 0 Å². The Balaban J connectivity index is 2.24. The summed E-state index contributed by atoms with van der Waals surface area (Å²) >= 11 is 1.38. The molecule has 0 atom stereocenters. The highest BCUT2D eigenvalue weighted by atomic mass is 32.1. The van der Waals surface area contributed by atoms with Crippen LogP contribution in [0.25, 0.3) is 16.2 Å². The number of imidazole rings is 1. The summed E-state index contributed by atoms with van der Waals surface area (Å²) in [6.07, 6.45) is 2.77. The van der Waals surface area contributed by atoms with Crippen molar-refractivity contribution >= 4 is 28.6 Å². The number of thiazole rings is 1. The highest BCUT2D eigenvalue weighted by molar-refractivity contribution is 7.17. The minimum Gasteiger partial charge on any atom is -0.496 e. The van der Waals surface area contributed by atoms with Crippen LogP contribution in [0.3, 0.4) is 0 Å². The second-order valence-electron chi connectivity index (χ2n) is 9.90. The van der Waals surface area contributed by atoms with Crippen LogP contribution >= 0.6 is 11.3 Å². The standard InChI is InChI=1S/C25H32N2O4S/c1-9-31-20(29)12-16-13-27-19(14-28)21(26-23(27)32-16)17-10-15(24(2,3)4)11-18(22(17)30-8)25(5,6)7/h10-11,13-14H,9,12H2,1-8H3. The van der Waals surface area contributed by atoms with Crippen molar-refractivity contribution in [2.45, 2.75) is 65.7 Å². The average Bonchev–Trinajstić information content (AvgIpc) is 3.22. The Kier molecular flexibility index (Phi) is 6.52. The van der Waals surface area contributed by atoms with Crippen LogP contribution in [-0.2, 0) is 26.8 Å². The molecule has 0 aliphatic heterocycles. The van der Waals surface area contributed by atoms with E-state index in [2.05, 4.69) is 53.7 Å². The summed E-state index contributed by atoms with van der Waals surface area (Å²) in [6, 6.07) is 4.27. The number of ether oxygens (including phenoxy) is 2. The predicted octanol–water partition coefficient (Wildman–Crippen LogP) is 5.58. The van der Waals surface area contributed by atoms with E-state index in [9.17, 15) is 9.59 Å². The van der Waals surface area contributed by atoms with E-state index >= 15 is 0 Å². The van der Waals surface area contributed by atoms with Gasteiger partial charge in [-0.3, -0.25) is 14.0 Å². The zero-order valence-electron chi connectivity index (χ0n) is 20.2. The Morgan fingerprint density at radius 1 is 1.16 bits per heavy atom. The molecular weight excluding hydrogens is 424 g/mol. The summed E-state index contributed by atoms with van der Waals surface area (Å²) in [5.41, 5.74) is 3.79. The molecule has 0 unspecified atom stereocenters. The first-order chi connectivity index (χ1) is 14.9. The fourth-order valence-corrected chi connectivity index (χ4v) is 4.64. The summed E-state index contributed by atoms with van der Waals surface area (Å²) in [6.45, 7) is 15.1. The average molecular weight is 457 g/mol.